The normalized spacial score (nSPS) is 49.7. The number of aliphatic hydroxyl groups is 1. The van der Waals surface area contributed by atoms with Crippen molar-refractivity contribution in [3.63, 3.8) is 0 Å². The fourth-order valence-corrected chi connectivity index (χ4v) is 7.76. The molecular formula is C24H29FO6. The van der Waals surface area contributed by atoms with Crippen LogP contribution in [-0.4, -0.2) is 52.7 Å². The van der Waals surface area contributed by atoms with E-state index in [1.54, 1.807) is 19.9 Å². The number of fused-ring (bicyclic) bond motifs is 7. The highest BCUT2D eigenvalue weighted by Crippen LogP contribution is 2.69. The smallest absolute Gasteiger partial charge is 0.193 e. The number of hydrogen-bond donors (Lipinski definition) is 1. The summed E-state index contributed by atoms with van der Waals surface area (Å²) in [5, 5.41) is 9.79. The van der Waals surface area contributed by atoms with Gasteiger partial charge in [0.05, 0.1) is 6.10 Å². The zero-order valence-electron chi connectivity index (χ0n) is 18.3. The summed E-state index contributed by atoms with van der Waals surface area (Å²) in [4.78, 5) is 38.7. The van der Waals surface area contributed by atoms with Gasteiger partial charge in [-0.2, -0.15) is 0 Å². The molecule has 0 spiro atoms. The third-order valence-electron chi connectivity index (χ3n) is 8.79. The van der Waals surface area contributed by atoms with Crippen LogP contribution in [0.5, 0.6) is 0 Å². The van der Waals surface area contributed by atoms with E-state index < -0.39 is 52.8 Å². The lowest BCUT2D eigenvalue weighted by Gasteiger charge is -2.57. The molecule has 1 aliphatic heterocycles. The van der Waals surface area contributed by atoms with Crippen LogP contribution < -0.4 is 0 Å². The monoisotopic (exact) mass is 432 g/mol. The van der Waals surface area contributed by atoms with E-state index in [0.717, 1.165) is 0 Å². The molecule has 4 aliphatic carbocycles. The van der Waals surface area contributed by atoms with E-state index in [9.17, 15) is 19.5 Å². The molecule has 0 radical (unpaired) electrons. The topological polar surface area (TPSA) is 89.9 Å². The van der Waals surface area contributed by atoms with Crippen molar-refractivity contribution in [1.29, 1.82) is 0 Å². The quantitative estimate of drug-likeness (QED) is 0.721. The van der Waals surface area contributed by atoms with E-state index in [-0.39, 0.29) is 36.2 Å². The van der Waals surface area contributed by atoms with Gasteiger partial charge in [-0.25, -0.2) is 4.39 Å². The van der Waals surface area contributed by atoms with E-state index in [4.69, 9.17) is 9.47 Å². The number of hydrogen-bond acceptors (Lipinski definition) is 6. The van der Waals surface area contributed by atoms with Gasteiger partial charge in [-0.05, 0) is 56.3 Å². The number of halogens is 1. The predicted octanol–water partition coefficient (Wildman–Crippen LogP) is 2.48. The Bertz CT molecular complexity index is 952. The number of ether oxygens (including phenoxy) is 2. The molecule has 0 bridgehead atoms. The molecule has 1 heterocycles. The third-order valence-corrected chi connectivity index (χ3v) is 8.79. The van der Waals surface area contributed by atoms with Crippen LogP contribution in [0.4, 0.5) is 4.39 Å². The number of carbonyl (C=O) groups excluding carboxylic acids is 3. The molecule has 8 atom stereocenters. The Kier molecular flexibility index (Phi) is 4.24. The Balaban J connectivity index is 1.63. The molecule has 31 heavy (non-hydrogen) atoms. The fourth-order valence-electron chi connectivity index (χ4n) is 7.76. The van der Waals surface area contributed by atoms with Crippen molar-refractivity contribution in [2.75, 3.05) is 6.61 Å². The average Bonchev–Trinajstić information content (AvgIpc) is 3.08. The molecule has 0 aromatic rings. The summed E-state index contributed by atoms with van der Waals surface area (Å²) in [6, 6.07) is 0. The Morgan fingerprint density at radius 3 is 2.61 bits per heavy atom. The van der Waals surface area contributed by atoms with Gasteiger partial charge >= 0.3 is 0 Å². The molecule has 168 valence electrons. The van der Waals surface area contributed by atoms with Crippen LogP contribution in [0, 0.1) is 28.6 Å². The number of allylic oxidation sites excluding steroid dienone is 4. The van der Waals surface area contributed by atoms with Gasteiger partial charge in [0.2, 0.25) is 0 Å². The summed E-state index contributed by atoms with van der Waals surface area (Å²) >= 11 is 0. The molecule has 3 unspecified atom stereocenters. The second-order valence-electron chi connectivity index (χ2n) is 10.8. The minimum atomic E-state index is -1.43. The number of carbonyl (C=O) groups is 3. The largest absolute Gasteiger partial charge is 0.388 e. The van der Waals surface area contributed by atoms with E-state index in [1.807, 2.05) is 13.8 Å². The van der Waals surface area contributed by atoms with Crippen LogP contribution >= 0.6 is 0 Å². The van der Waals surface area contributed by atoms with Crippen LogP contribution in [0.3, 0.4) is 0 Å². The average molecular weight is 432 g/mol. The Morgan fingerprint density at radius 2 is 1.94 bits per heavy atom. The number of alkyl halides is 1. The summed E-state index contributed by atoms with van der Waals surface area (Å²) in [5.74, 6) is -2.79. The summed E-state index contributed by atoms with van der Waals surface area (Å²) in [6.45, 7) is 6.45. The molecule has 0 aromatic heterocycles. The second kappa shape index (κ2) is 6.21. The number of ketones is 3. The SMILES string of the molecule is CC1(C)O[C@@H]2CC3C4C[C@H](F)C5=CC(=O)C=C[C@]5(C)C4C(=O)C[C@]3(C)[C@]2(C(=O)CO)O1. The van der Waals surface area contributed by atoms with E-state index in [0.29, 0.717) is 12.0 Å². The summed E-state index contributed by atoms with van der Waals surface area (Å²) < 4.78 is 27.8. The highest BCUT2D eigenvalue weighted by atomic mass is 19.1. The Labute approximate surface area is 180 Å². The van der Waals surface area contributed by atoms with Crippen molar-refractivity contribution < 1.29 is 33.4 Å². The third kappa shape index (κ3) is 2.45. The first kappa shape index (κ1) is 21.2. The van der Waals surface area contributed by atoms with Gasteiger partial charge in [-0.1, -0.05) is 19.9 Å². The molecular weight excluding hydrogens is 403 g/mol. The number of Topliss-reactive ketones (excluding diaryl/α,β-unsaturated/α-hetero) is 2. The van der Waals surface area contributed by atoms with Crippen molar-refractivity contribution in [2.24, 2.45) is 28.6 Å². The van der Waals surface area contributed by atoms with Crippen LogP contribution in [0.25, 0.3) is 0 Å². The van der Waals surface area contributed by atoms with Gasteiger partial charge in [0.25, 0.3) is 0 Å². The van der Waals surface area contributed by atoms with E-state index >= 15 is 4.39 Å². The maximum atomic E-state index is 15.4. The lowest BCUT2D eigenvalue weighted by atomic mass is 9.46. The standard InChI is InChI=1S/C24H29FO6/c1-21(2)30-19-9-14-13-8-16(25)15-7-12(27)5-6-22(15,3)20(13)17(28)10-23(14,4)24(19,31-21)18(29)11-26/h5-7,13-14,16,19-20,26H,8-11H2,1-4H3/t13?,14?,16-,19+,20?,22-,23-,24+/m0/s1. The fraction of sp³-hybridized carbons (Fsp3) is 0.708. The number of aliphatic hydroxyl groups excluding tert-OH is 1. The second-order valence-corrected chi connectivity index (χ2v) is 10.8. The molecule has 0 amide bonds. The van der Waals surface area contributed by atoms with Gasteiger partial charge in [-0.3, -0.25) is 14.4 Å². The van der Waals surface area contributed by atoms with Gasteiger partial charge in [0, 0.05) is 23.2 Å². The minimum Gasteiger partial charge on any atom is -0.388 e. The maximum Gasteiger partial charge on any atom is 0.193 e. The Hall–Kier alpha value is -1.70. The van der Waals surface area contributed by atoms with Crippen molar-refractivity contribution in [1.82, 2.24) is 0 Å². The molecule has 1 N–H and O–H groups in total. The first-order chi connectivity index (χ1) is 14.4. The molecule has 0 aromatic carbocycles. The van der Waals surface area contributed by atoms with E-state index in [2.05, 4.69) is 0 Å². The first-order valence-corrected chi connectivity index (χ1v) is 11.0. The van der Waals surface area contributed by atoms with Crippen molar-refractivity contribution >= 4 is 17.3 Å². The van der Waals surface area contributed by atoms with Crippen LogP contribution in [0.2, 0.25) is 0 Å². The van der Waals surface area contributed by atoms with Crippen molar-refractivity contribution in [2.45, 2.75) is 70.6 Å². The number of rotatable bonds is 2. The van der Waals surface area contributed by atoms with Crippen molar-refractivity contribution in [3.05, 3.63) is 23.8 Å². The molecule has 4 fully saturated rings. The van der Waals surface area contributed by atoms with Gasteiger partial charge < -0.3 is 14.6 Å². The first-order valence-electron chi connectivity index (χ1n) is 11.0. The van der Waals surface area contributed by atoms with Gasteiger partial charge in [-0.15, -0.1) is 0 Å². The highest BCUT2D eigenvalue weighted by molar-refractivity contribution is 6.02. The van der Waals surface area contributed by atoms with Crippen LogP contribution in [0.15, 0.2) is 23.8 Å². The van der Waals surface area contributed by atoms with E-state index in [1.165, 1.54) is 12.2 Å². The molecule has 1 saturated heterocycles. The van der Waals surface area contributed by atoms with Crippen LogP contribution in [-0.2, 0) is 23.9 Å². The minimum absolute atomic E-state index is 0.0536. The summed E-state index contributed by atoms with van der Waals surface area (Å²) in [5.41, 5.74) is -2.82. The molecule has 5 rings (SSSR count). The Morgan fingerprint density at radius 1 is 1.23 bits per heavy atom. The maximum absolute atomic E-state index is 15.4. The highest BCUT2D eigenvalue weighted by Gasteiger charge is 2.77. The summed E-state index contributed by atoms with van der Waals surface area (Å²) in [6.07, 6.45) is 3.19. The lowest BCUT2D eigenvalue weighted by Crippen LogP contribution is -2.63. The van der Waals surface area contributed by atoms with Crippen molar-refractivity contribution in [3.8, 4) is 0 Å². The zero-order valence-corrected chi connectivity index (χ0v) is 18.3. The van der Waals surface area contributed by atoms with Gasteiger partial charge in [0.1, 0.15) is 18.6 Å². The van der Waals surface area contributed by atoms with Gasteiger partial charge in [0.15, 0.2) is 23.0 Å². The lowest BCUT2D eigenvalue weighted by molar-refractivity contribution is -0.214. The molecule has 5 aliphatic rings. The molecule has 6 nitrogen and oxygen atoms in total. The zero-order chi connectivity index (χ0) is 22.6. The molecule has 7 heteroatoms. The molecule has 3 saturated carbocycles. The predicted molar refractivity (Wildman–Crippen MR) is 108 cm³/mol. The van der Waals surface area contributed by atoms with Crippen LogP contribution in [0.1, 0.15) is 47.0 Å². The summed E-state index contributed by atoms with van der Waals surface area (Å²) in [7, 11) is 0.